The zero-order valence-electron chi connectivity index (χ0n) is 22.5. The molecule has 13 nitrogen and oxygen atoms in total. The summed E-state index contributed by atoms with van der Waals surface area (Å²) >= 11 is 0. The summed E-state index contributed by atoms with van der Waals surface area (Å²) in [5.41, 5.74) is 21.5. The number of rotatable bonds is 11. The van der Waals surface area contributed by atoms with Gasteiger partial charge in [-0.25, -0.2) is 9.97 Å². The van der Waals surface area contributed by atoms with Crippen LogP contribution in [0.4, 0.5) is 11.9 Å². The third-order valence-corrected chi connectivity index (χ3v) is 6.77. The fourth-order valence-electron chi connectivity index (χ4n) is 4.84. The molecule has 7 N–H and O–H groups in total. The van der Waals surface area contributed by atoms with Crippen LogP contribution in [0.1, 0.15) is 49.7 Å². The fourth-order valence-corrected chi connectivity index (χ4v) is 4.84. The van der Waals surface area contributed by atoms with Crippen LogP contribution in [0.5, 0.6) is 0 Å². The zero-order chi connectivity index (χ0) is 29.3. The Labute approximate surface area is 234 Å². The van der Waals surface area contributed by atoms with Gasteiger partial charge in [0.05, 0.1) is 34.3 Å². The highest BCUT2D eigenvalue weighted by Crippen LogP contribution is 2.24. The Bertz CT molecular complexity index is 1830. The van der Waals surface area contributed by atoms with E-state index in [9.17, 15) is 14.4 Å². The number of nitrogens with two attached hydrogens (primary N) is 3. The van der Waals surface area contributed by atoms with Gasteiger partial charge in [-0.2, -0.15) is 5.10 Å². The second-order valence-electron chi connectivity index (χ2n) is 9.65. The monoisotopic (exact) mass is 554 g/mol. The number of aryl methyl sites for hydroxylation is 3. The number of anilines is 2. The molecule has 0 saturated carbocycles. The van der Waals surface area contributed by atoms with Gasteiger partial charge in [-0.15, -0.1) is 6.58 Å². The van der Waals surface area contributed by atoms with Crippen LogP contribution in [-0.2, 0) is 19.6 Å². The molecule has 0 bridgehead atoms. The number of benzene rings is 2. The van der Waals surface area contributed by atoms with Gasteiger partial charge < -0.3 is 26.3 Å². The van der Waals surface area contributed by atoms with E-state index in [1.165, 1.54) is 0 Å². The fraction of sp³-hybridized carbons (Fsp3) is 0.214. The Morgan fingerprint density at radius 2 is 1.49 bits per heavy atom. The summed E-state index contributed by atoms with van der Waals surface area (Å²) < 4.78 is 5.35. The Kier molecular flexibility index (Phi) is 7.25. The molecule has 0 aliphatic heterocycles. The van der Waals surface area contributed by atoms with Crippen molar-refractivity contribution >= 4 is 51.7 Å². The highest BCUT2D eigenvalue weighted by molar-refractivity contribution is 6.03. The van der Waals surface area contributed by atoms with Gasteiger partial charge in [0.1, 0.15) is 5.69 Å². The minimum Gasteiger partial charge on any atom is -0.369 e. The lowest BCUT2D eigenvalue weighted by molar-refractivity contribution is 0.0992. The molecule has 0 atom stereocenters. The molecule has 0 saturated heterocycles. The van der Waals surface area contributed by atoms with Gasteiger partial charge in [-0.1, -0.05) is 6.08 Å². The number of allylic oxidation sites excluding steroid dienone is 1. The Hall–Kier alpha value is -5.46. The van der Waals surface area contributed by atoms with Gasteiger partial charge in [0.25, 0.3) is 5.91 Å². The number of nitrogens with one attached hydrogen (secondary N) is 1. The smallest absolute Gasteiger partial charge is 0.276 e. The minimum absolute atomic E-state index is 0.321. The summed E-state index contributed by atoms with van der Waals surface area (Å²) in [5.74, 6) is -0.787. The van der Waals surface area contributed by atoms with Gasteiger partial charge in [0.2, 0.25) is 23.7 Å². The third kappa shape index (κ3) is 5.37. The molecule has 0 unspecified atom stereocenters. The number of nitrogens with zero attached hydrogens (tertiary/aromatic N) is 6. The largest absolute Gasteiger partial charge is 0.369 e. The first-order valence-electron chi connectivity index (χ1n) is 13.0. The summed E-state index contributed by atoms with van der Waals surface area (Å²) in [6.45, 7) is 7.02. The Morgan fingerprint density at radius 3 is 2.10 bits per heavy atom. The van der Waals surface area contributed by atoms with Crippen molar-refractivity contribution in [3.8, 4) is 0 Å². The molecule has 3 amide bonds. The number of carbonyl (C=O) groups is 3. The van der Waals surface area contributed by atoms with Crippen LogP contribution in [0.3, 0.4) is 0 Å². The molecule has 5 rings (SSSR count). The van der Waals surface area contributed by atoms with Crippen LogP contribution >= 0.6 is 0 Å². The maximum absolute atomic E-state index is 13.3. The van der Waals surface area contributed by atoms with E-state index in [0.717, 1.165) is 17.5 Å². The summed E-state index contributed by atoms with van der Waals surface area (Å²) in [7, 11) is 0. The first kappa shape index (κ1) is 27.1. The van der Waals surface area contributed by atoms with Crippen LogP contribution < -0.4 is 22.5 Å². The minimum atomic E-state index is -0.566. The van der Waals surface area contributed by atoms with E-state index in [4.69, 9.17) is 17.2 Å². The maximum Gasteiger partial charge on any atom is 0.276 e. The van der Waals surface area contributed by atoms with E-state index >= 15 is 0 Å². The highest BCUT2D eigenvalue weighted by atomic mass is 16.2. The third-order valence-electron chi connectivity index (χ3n) is 6.77. The predicted molar refractivity (Wildman–Crippen MR) is 155 cm³/mol. The average Bonchev–Trinajstić information content (AvgIpc) is 3.57. The summed E-state index contributed by atoms with van der Waals surface area (Å²) in [4.78, 5) is 45.5. The first-order valence-corrected chi connectivity index (χ1v) is 13.0. The van der Waals surface area contributed by atoms with E-state index in [1.54, 1.807) is 53.2 Å². The molecule has 41 heavy (non-hydrogen) atoms. The lowest BCUT2D eigenvalue weighted by atomic mass is 10.2. The highest BCUT2D eigenvalue weighted by Gasteiger charge is 2.19. The van der Waals surface area contributed by atoms with Crippen LogP contribution in [0.2, 0.25) is 0 Å². The Balaban J connectivity index is 1.38. The van der Waals surface area contributed by atoms with Crippen molar-refractivity contribution in [2.24, 2.45) is 11.5 Å². The molecular weight excluding hydrogens is 524 g/mol. The van der Waals surface area contributed by atoms with Gasteiger partial charge in [0, 0.05) is 24.2 Å². The van der Waals surface area contributed by atoms with Gasteiger partial charge in [-0.05, 0) is 62.2 Å². The number of aromatic nitrogens is 6. The first-order chi connectivity index (χ1) is 19.7. The van der Waals surface area contributed by atoms with E-state index in [1.807, 2.05) is 16.1 Å². The number of amides is 3. The number of carbonyl (C=O) groups excluding carboxylic acids is 3. The maximum atomic E-state index is 13.3. The van der Waals surface area contributed by atoms with Crippen molar-refractivity contribution in [1.29, 1.82) is 0 Å². The molecule has 5 aromatic rings. The molecule has 210 valence electrons. The second-order valence-corrected chi connectivity index (χ2v) is 9.65. The van der Waals surface area contributed by atoms with Crippen molar-refractivity contribution in [3.63, 3.8) is 0 Å². The number of nitrogen functional groups attached to an aromatic ring is 1. The van der Waals surface area contributed by atoms with Crippen LogP contribution in [0, 0.1) is 6.92 Å². The standard InChI is InChI=1S/C28H30N10O3/c1-3-10-38-23(13-16(2)35-38)26(41)34-28-33-20-15-18(25(30)40)7-9-22(20)37(28)12-5-4-11-36-21-8-6-17(24(29)39)14-19(21)32-27(36)31/h3,6-9,13-15H,1,4-5,10-12H2,2H3,(H2,29,39)(H2,30,40)(H2,31,32)(H,33,34,41). The second kappa shape index (κ2) is 11.0. The summed E-state index contributed by atoms with van der Waals surface area (Å²) in [6.07, 6.45) is 3.10. The van der Waals surface area contributed by atoms with Crippen LogP contribution in [-0.4, -0.2) is 46.6 Å². The van der Waals surface area contributed by atoms with E-state index in [2.05, 4.69) is 27.0 Å². The number of primary amides is 2. The van der Waals surface area contributed by atoms with Crippen LogP contribution in [0.25, 0.3) is 22.1 Å². The lowest BCUT2D eigenvalue weighted by Crippen LogP contribution is -2.20. The molecule has 0 aliphatic carbocycles. The molecule has 3 heterocycles. The zero-order valence-corrected chi connectivity index (χ0v) is 22.5. The van der Waals surface area contributed by atoms with E-state index in [0.29, 0.717) is 71.5 Å². The molecule has 0 aliphatic rings. The summed E-state index contributed by atoms with van der Waals surface area (Å²) in [6, 6.07) is 11.8. The number of imidazole rings is 2. The lowest BCUT2D eigenvalue weighted by Gasteiger charge is -2.12. The van der Waals surface area contributed by atoms with Gasteiger partial charge >= 0.3 is 0 Å². The van der Waals surface area contributed by atoms with Crippen molar-refractivity contribution < 1.29 is 14.4 Å². The predicted octanol–water partition coefficient (Wildman–Crippen LogP) is 2.59. The molecule has 0 fully saturated rings. The normalized spacial score (nSPS) is 11.2. The quantitative estimate of drug-likeness (QED) is 0.142. The number of fused-ring (bicyclic) bond motifs is 2. The van der Waals surface area contributed by atoms with Gasteiger partial charge in [0.15, 0.2) is 0 Å². The average molecular weight is 555 g/mol. The topological polar surface area (TPSA) is 195 Å². The molecule has 3 aromatic heterocycles. The Morgan fingerprint density at radius 1 is 0.902 bits per heavy atom. The van der Waals surface area contributed by atoms with E-state index < -0.39 is 11.8 Å². The number of hydrogen-bond acceptors (Lipinski definition) is 7. The summed E-state index contributed by atoms with van der Waals surface area (Å²) in [5, 5.41) is 7.26. The van der Waals surface area contributed by atoms with Crippen molar-refractivity contribution in [1.82, 2.24) is 28.9 Å². The van der Waals surface area contributed by atoms with E-state index in [-0.39, 0.29) is 5.91 Å². The van der Waals surface area contributed by atoms with Crippen molar-refractivity contribution in [2.45, 2.75) is 39.4 Å². The van der Waals surface area contributed by atoms with Crippen molar-refractivity contribution in [2.75, 3.05) is 11.1 Å². The number of hydrogen-bond donors (Lipinski definition) is 4. The van der Waals surface area contributed by atoms with Crippen LogP contribution in [0.15, 0.2) is 55.1 Å². The molecule has 2 aromatic carbocycles. The van der Waals surface area contributed by atoms with Gasteiger partial charge in [-0.3, -0.25) is 24.4 Å². The molecular formula is C28H30N10O3. The molecule has 0 radical (unpaired) electrons. The molecule has 13 heteroatoms. The SMILES string of the molecule is C=CCn1nc(C)cc1C(=O)Nc1nc2cc(C(N)=O)ccc2n1CCCCn1c(N)nc2cc(C(N)=O)ccc21. The van der Waals surface area contributed by atoms with Crippen molar-refractivity contribution in [3.05, 3.63) is 77.6 Å². The molecule has 0 spiro atoms. The number of unbranched alkanes of at least 4 members (excludes halogenated alkanes) is 1.